The van der Waals surface area contributed by atoms with Crippen molar-refractivity contribution in [2.45, 2.75) is 26.2 Å². The Kier molecular flexibility index (Phi) is 4.75. The molecule has 3 aromatic rings. The number of rotatable bonds is 6. The standard InChI is InChI=1S/C20H20N2O2/c1-2-3-5-14-8-9-18-17(12-14)19(10-11-21-18)22-16-7-4-6-15(13-16)20(23)24/h4,6-13H,2-3,5H2,1H3,(H,21,22)(H,23,24). The molecule has 4 nitrogen and oxygen atoms in total. The van der Waals surface area contributed by atoms with Crippen LogP contribution in [-0.4, -0.2) is 16.1 Å². The van der Waals surface area contributed by atoms with Crippen molar-refractivity contribution in [3.63, 3.8) is 0 Å². The second kappa shape index (κ2) is 7.13. The van der Waals surface area contributed by atoms with E-state index in [1.165, 1.54) is 5.56 Å². The number of carbonyl (C=O) groups is 1. The highest BCUT2D eigenvalue weighted by atomic mass is 16.4. The molecular formula is C20H20N2O2. The fourth-order valence-electron chi connectivity index (χ4n) is 2.72. The number of unbranched alkanes of at least 4 members (excludes halogenated alkanes) is 1. The number of carboxylic acids is 1. The molecule has 24 heavy (non-hydrogen) atoms. The van der Waals surface area contributed by atoms with Gasteiger partial charge in [-0.1, -0.05) is 25.5 Å². The molecule has 0 aliphatic carbocycles. The van der Waals surface area contributed by atoms with Gasteiger partial charge in [-0.15, -0.1) is 0 Å². The third-order valence-corrected chi connectivity index (χ3v) is 4.01. The molecule has 0 atom stereocenters. The first-order valence-corrected chi connectivity index (χ1v) is 8.15. The Hall–Kier alpha value is -2.88. The number of fused-ring (bicyclic) bond motifs is 1. The number of aromatic carboxylic acids is 1. The molecule has 0 bridgehead atoms. The molecule has 0 aliphatic heterocycles. The first-order chi connectivity index (χ1) is 11.7. The molecule has 2 aromatic carbocycles. The van der Waals surface area contributed by atoms with Crippen LogP contribution in [0.2, 0.25) is 0 Å². The minimum absolute atomic E-state index is 0.266. The van der Waals surface area contributed by atoms with Gasteiger partial charge in [-0.25, -0.2) is 4.79 Å². The van der Waals surface area contributed by atoms with Crippen LogP contribution in [0.5, 0.6) is 0 Å². The van der Waals surface area contributed by atoms with Gasteiger partial charge in [0.05, 0.1) is 11.1 Å². The molecule has 1 aromatic heterocycles. The van der Waals surface area contributed by atoms with Crippen LogP contribution < -0.4 is 5.32 Å². The van der Waals surface area contributed by atoms with E-state index in [0.717, 1.165) is 41.5 Å². The van der Waals surface area contributed by atoms with E-state index >= 15 is 0 Å². The summed E-state index contributed by atoms with van der Waals surface area (Å²) >= 11 is 0. The topological polar surface area (TPSA) is 62.2 Å². The number of aryl methyl sites for hydroxylation is 1. The predicted molar refractivity (Wildman–Crippen MR) is 97.0 cm³/mol. The SMILES string of the molecule is CCCCc1ccc2nccc(Nc3cccc(C(=O)O)c3)c2c1. The number of hydrogen-bond acceptors (Lipinski definition) is 3. The molecular weight excluding hydrogens is 300 g/mol. The highest BCUT2D eigenvalue weighted by Gasteiger charge is 2.06. The van der Waals surface area contributed by atoms with Crippen LogP contribution >= 0.6 is 0 Å². The van der Waals surface area contributed by atoms with Crippen LogP contribution in [0.4, 0.5) is 11.4 Å². The molecule has 0 saturated heterocycles. The van der Waals surface area contributed by atoms with Crippen LogP contribution in [0, 0.1) is 0 Å². The summed E-state index contributed by atoms with van der Waals surface area (Å²) in [4.78, 5) is 15.5. The molecule has 0 unspecified atom stereocenters. The van der Waals surface area contributed by atoms with Gasteiger partial charge in [-0.2, -0.15) is 0 Å². The van der Waals surface area contributed by atoms with E-state index in [-0.39, 0.29) is 5.56 Å². The first kappa shape index (κ1) is 16.0. The first-order valence-electron chi connectivity index (χ1n) is 8.15. The Balaban J connectivity index is 1.96. The minimum Gasteiger partial charge on any atom is -0.478 e. The van der Waals surface area contributed by atoms with Gasteiger partial charge in [0.15, 0.2) is 0 Å². The minimum atomic E-state index is -0.930. The summed E-state index contributed by atoms with van der Waals surface area (Å²) in [5, 5.41) is 13.5. The van der Waals surface area contributed by atoms with Crippen molar-refractivity contribution < 1.29 is 9.90 Å². The number of pyridine rings is 1. The molecule has 0 spiro atoms. The number of nitrogens with one attached hydrogen (secondary N) is 1. The zero-order valence-corrected chi connectivity index (χ0v) is 13.6. The van der Waals surface area contributed by atoms with Gasteiger partial charge in [0.25, 0.3) is 0 Å². The summed E-state index contributed by atoms with van der Waals surface area (Å²) in [6.45, 7) is 2.19. The average molecular weight is 320 g/mol. The zero-order valence-electron chi connectivity index (χ0n) is 13.6. The van der Waals surface area contributed by atoms with E-state index in [0.29, 0.717) is 0 Å². The lowest BCUT2D eigenvalue weighted by Gasteiger charge is -2.11. The van der Waals surface area contributed by atoms with Gasteiger partial charge in [0.2, 0.25) is 0 Å². The normalized spacial score (nSPS) is 10.7. The Morgan fingerprint density at radius 3 is 2.83 bits per heavy atom. The van der Waals surface area contributed by atoms with E-state index in [2.05, 4.69) is 29.4 Å². The molecule has 0 radical (unpaired) electrons. The Morgan fingerprint density at radius 1 is 1.17 bits per heavy atom. The second-order valence-electron chi connectivity index (χ2n) is 5.82. The van der Waals surface area contributed by atoms with Crippen molar-refractivity contribution in [3.8, 4) is 0 Å². The van der Waals surface area contributed by atoms with Crippen molar-refractivity contribution in [3.05, 3.63) is 65.9 Å². The third-order valence-electron chi connectivity index (χ3n) is 4.01. The van der Waals surface area contributed by atoms with Crippen LogP contribution in [-0.2, 0) is 6.42 Å². The summed E-state index contributed by atoms with van der Waals surface area (Å²) in [5.74, 6) is -0.930. The molecule has 0 fully saturated rings. The number of aromatic nitrogens is 1. The number of benzene rings is 2. The van der Waals surface area contributed by atoms with E-state index in [1.807, 2.05) is 18.2 Å². The summed E-state index contributed by atoms with van der Waals surface area (Å²) in [5.41, 5.74) is 4.17. The number of anilines is 2. The number of carboxylic acid groups (broad SMARTS) is 1. The van der Waals surface area contributed by atoms with Crippen molar-refractivity contribution in [1.29, 1.82) is 0 Å². The molecule has 0 amide bonds. The maximum Gasteiger partial charge on any atom is 0.335 e. The summed E-state index contributed by atoms with van der Waals surface area (Å²) in [7, 11) is 0. The van der Waals surface area contributed by atoms with Crippen molar-refractivity contribution in [1.82, 2.24) is 4.98 Å². The average Bonchev–Trinajstić information content (AvgIpc) is 2.60. The predicted octanol–water partition coefficient (Wildman–Crippen LogP) is 5.02. The highest BCUT2D eigenvalue weighted by Crippen LogP contribution is 2.27. The fraction of sp³-hybridized carbons (Fsp3) is 0.200. The zero-order chi connectivity index (χ0) is 16.9. The smallest absolute Gasteiger partial charge is 0.335 e. The lowest BCUT2D eigenvalue weighted by molar-refractivity contribution is 0.0697. The van der Waals surface area contributed by atoms with Gasteiger partial charge in [0.1, 0.15) is 0 Å². The van der Waals surface area contributed by atoms with E-state index in [9.17, 15) is 4.79 Å². The highest BCUT2D eigenvalue weighted by molar-refractivity contribution is 5.94. The van der Waals surface area contributed by atoms with Gasteiger partial charge < -0.3 is 10.4 Å². The number of nitrogens with zero attached hydrogens (tertiary/aromatic N) is 1. The van der Waals surface area contributed by atoms with Crippen molar-refractivity contribution in [2.24, 2.45) is 0 Å². The van der Waals surface area contributed by atoms with Crippen LogP contribution in [0.25, 0.3) is 10.9 Å². The van der Waals surface area contributed by atoms with E-state index < -0.39 is 5.97 Å². The van der Waals surface area contributed by atoms with E-state index in [4.69, 9.17) is 5.11 Å². The number of hydrogen-bond donors (Lipinski definition) is 2. The largest absolute Gasteiger partial charge is 0.478 e. The van der Waals surface area contributed by atoms with E-state index in [1.54, 1.807) is 24.4 Å². The molecule has 3 rings (SSSR count). The van der Waals surface area contributed by atoms with Crippen LogP contribution in [0.1, 0.15) is 35.7 Å². The van der Waals surface area contributed by atoms with Gasteiger partial charge >= 0.3 is 5.97 Å². The molecule has 4 heteroatoms. The van der Waals surface area contributed by atoms with Crippen LogP contribution in [0.3, 0.4) is 0 Å². The maximum atomic E-state index is 11.1. The molecule has 0 saturated carbocycles. The Morgan fingerprint density at radius 2 is 2.04 bits per heavy atom. The fourth-order valence-corrected chi connectivity index (χ4v) is 2.72. The lowest BCUT2D eigenvalue weighted by Crippen LogP contribution is -1.98. The maximum absolute atomic E-state index is 11.1. The Labute approximate surface area is 141 Å². The summed E-state index contributed by atoms with van der Waals surface area (Å²) in [6.07, 6.45) is 5.14. The summed E-state index contributed by atoms with van der Waals surface area (Å²) < 4.78 is 0. The lowest BCUT2D eigenvalue weighted by atomic mass is 10.0. The Bertz CT molecular complexity index is 874. The van der Waals surface area contributed by atoms with Gasteiger partial charge in [-0.3, -0.25) is 4.98 Å². The van der Waals surface area contributed by atoms with Crippen LogP contribution in [0.15, 0.2) is 54.7 Å². The monoisotopic (exact) mass is 320 g/mol. The van der Waals surface area contributed by atoms with Crippen molar-refractivity contribution >= 4 is 28.2 Å². The molecule has 122 valence electrons. The van der Waals surface area contributed by atoms with Gasteiger partial charge in [0, 0.05) is 23.0 Å². The van der Waals surface area contributed by atoms with Gasteiger partial charge in [-0.05, 0) is 54.8 Å². The molecule has 1 heterocycles. The quantitative estimate of drug-likeness (QED) is 0.669. The molecule has 0 aliphatic rings. The van der Waals surface area contributed by atoms with Crippen molar-refractivity contribution in [2.75, 3.05) is 5.32 Å². The summed E-state index contributed by atoms with van der Waals surface area (Å²) in [6, 6.07) is 15.1. The molecule has 2 N–H and O–H groups in total. The second-order valence-corrected chi connectivity index (χ2v) is 5.82. The third kappa shape index (κ3) is 3.54.